The van der Waals surface area contributed by atoms with Crippen molar-refractivity contribution in [2.24, 2.45) is 0 Å². The monoisotopic (exact) mass is 497 g/mol. The molecule has 9 heteroatoms. The molecule has 0 bridgehead atoms. The molecule has 1 atom stereocenters. The smallest absolute Gasteiger partial charge is 0.251 e. The standard InChI is InChI=1S/C28H31N7O2/c1-18-5-2-3-7-23(18)28(36)30-13-19-8-10-20(11-9-19)25-24-26(29)31-17-32-27(24)35(33-25)21-6-4-12-34(14-21)22-15-37-16-22/h2-3,5,7-11,17,21-22H,4,6,12-16H2,1H3,(H,30,36)(H2,29,31,32)/t21-/m1/s1. The molecule has 2 aromatic carbocycles. The van der Waals surface area contributed by atoms with Crippen molar-refractivity contribution in [1.82, 2.24) is 30.0 Å². The number of carbonyl (C=O) groups excluding carboxylic acids is 1. The van der Waals surface area contributed by atoms with E-state index in [0.717, 1.165) is 72.6 Å². The van der Waals surface area contributed by atoms with Gasteiger partial charge in [-0.1, -0.05) is 42.5 Å². The maximum atomic E-state index is 12.6. The van der Waals surface area contributed by atoms with E-state index in [-0.39, 0.29) is 11.9 Å². The summed E-state index contributed by atoms with van der Waals surface area (Å²) in [4.78, 5) is 23.9. The highest BCUT2D eigenvalue weighted by Gasteiger charge is 2.32. The summed E-state index contributed by atoms with van der Waals surface area (Å²) in [5.74, 6) is 0.354. The van der Waals surface area contributed by atoms with Crippen LogP contribution in [0.25, 0.3) is 22.3 Å². The average molecular weight is 498 g/mol. The summed E-state index contributed by atoms with van der Waals surface area (Å²) in [5, 5.41) is 8.84. The maximum absolute atomic E-state index is 12.6. The SMILES string of the molecule is Cc1ccccc1C(=O)NCc1ccc(-c2nn([C@@H]3CCCN(C4COC4)C3)c3ncnc(N)c23)cc1. The van der Waals surface area contributed by atoms with E-state index in [0.29, 0.717) is 24.0 Å². The van der Waals surface area contributed by atoms with Gasteiger partial charge in [0.25, 0.3) is 5.91 Å². The Morgan fingerprint density at radius 3 is 2.68 bits per heavy atom. The molecular formula is C28H31N7O2. The molecule has 0 aliphatic carbocycles. The second-order valence-corrected chi connectivity index (χ2v) is 9.93. The van der Waals surface area contributed by atoms with E-state index < -0.39 is 0 Å². The number of carbonyl (C=O) groups is 1. The predicted octanol–water partition coefficient (Wildman–Crippen LogP) is 3.35. The van der Waals surface area contributed by atoms with Crippen LogP contribution < -0.4 is 11.1 Å². The fourth-order valence-corrected chi connectivity index (χ4v) is 5.29. The van der Waals surface area contributed by atoms with Crippen molar-refractivity contribution >= 4 is 22.8 Å². The van der Waals surface area contributed by atoms with Crippen LogP contribution >= 0.6 is 0 Å². The summed E-state index contributed by atoms with van der Waals surface area (Å²) in [7, 11) is 0. The third kappa shape index (κ3) is 4.56. The number of nitrogens with two attached hydrogens (primary N) is 1. The zero-order valence-electron chi connectivity index (χ0n) is 20.9. The lowest BCUT2D eigenvalue weighted by molar-refractivity contribution is -0.0755. The van der Waals surface area contributed by atoms with E-state index >= 15 is 0 Å². The molecular weight excluding hydrogens is 466 g/mol. The number of nitrogen functional groups attached to an aromatic ring is 1. The largest absolute Gasteiger partial charge is 0.383 e. The van der Waals surface area contributed by atoms with Gasteiger partial charge in [-0.15, -0.1) is 0 Å². The lowest BCUT2D eigenvalue weighted by Gasteiger charge is -2.42. The number of rotatable bonds is 6. The van der Waals surface area contributed by atoms with Crippen LogP contribution in [-0.4, -0.2) is 62.9 Å². The van der Waals surface area contributed by atoms with Crippen LogP contribution in [0, 0.1) is 6.92 Å². The molecule has 1 amide bonds. The Morgan fingerprint density at radius 1 is 1.11 bits per heavy atom. The summed E-state index contributed by atoms with van der Waals surface area (Å²) < 4.78 is 7.47. The second-order valence-electron chi connectivity index (χ2n) is 9.93. The van der Waals surface area contributed by atoms with E-state index in [2.05, 4.69) is 20.2 Å². The molecule has 2 aliphatic heterocycles. The van der Waals surface area contributed by atoms with Crippen molar-refractivity contribution in [3.63, 3.8) is 0 Å². The number of fused-ring (bicyclic) bond motifs is 1. The molecule has 9 nitrogen and oxygen atoms in total. The Balaban J connectivity index is 1.24. The first-order chi connectivity index (χ1) is 18.1. The third-order valence-corrected chi connectivity index (χ3v) is 7.50. The molecule has 3 N–H and O–H groups in total. The minimum atomic E-state index is -0.0770. The lowest BCUT2D eigenvalue weighted by Crippen LogP contribution is -2.52. The van der Waals surface area contributed by atoms with Crippen molar-refractivity contribution < 1.29 is 9.53 Å². The fraction of sp³-hybridized carbons (Fsp3) is 0.357. The Kier molecular flexibility index (Phi) is 6.31. The summed E-state index contributed by atoms with van der Waals surface area (Å²) in [5.41, 5.74) is 11.5. The Morgan fingerprint density at radius 2 is 1.92 bits per heavy atom. The van der Waals surface area contributed by atoms with Gasteiger partial charge >= 0.3 is 0 Å². The lowest BCUT2D eigenvalue weighted by atomic mass is 10.0. The zero-order valence-corrected chi connectivity index (χ0v) is 20.9. The van der Waals surface area contributed by atoms with Gasteiger partial charge < -0.3 is 15.8 Å². The fourth-order valence-electron chi connectivity index (χ4n) is 5.29. The molecule has 2 fully saturated rings. The highest BCUT2D eigenvalue weighted by Crippen LogP contribution is 2.34. The number of aryl methyl sites for hydroxylation is 1. The Labute approximate surface area is 215 Å². The Hall–Kier alpha value is -3.82. The number of piperidine rings is 1. The van der Waals surface area contributed by atoms with Crippen molar-refractivity contribution in [2.75, 3.05) is 32.0 Å². The zero-order chi connectivity index (χ0) is 25.4. The number of benzene rings is 2. The Bertz CT molecular complexity index is 1430. The van der Waals surface area contributed by atoms with Gasteiger partial charge in [0.05, 0.1) is 30.7 Å². The number of likely N-dealkylation sites (tertiary alicyclic amines) is 1. The molecule has 0 spiro atoms. The first-order valence-corrected chi connectivity index (χ1v) is 12.8. The number of anilines is 1. The number of aromatic nitrogens is 4. The second kappa shape index (κ2) is 9.91. The third-order valence-electron chi connectivity index (χ3n) is 7.50. The predicted molar refractivity (Wildman–Crippen MR) is 142 cm³/mol. The molecule has 6 rings (SSSR count). The molecule has 2 aromatic heterocycles. The van der Waals surface area contributed by atoms with Gasteiger partial charge in [-0.25, -0.2) is 14.6 Å². The van der Waals surface area contributed by atoms with Crippen LogP contribution in [0.15, 0.2) is 54.9 Å². The van der Waals surface area contributed by atoms with Crippen molar-refractivity contribution in [1.29, 1.82) is 0 Å². The molecule has 4 heterocycles. The summed E-state index contributed by atoms with van der Waals surface area (Å²) in [6.45, 7) is 6.02. The van der Waals surface area contributed by atoms with Gasteiger partial charge in [0.1, 0.15) is 17.8 Å². The van der Waals surface area contributed by atoms with Gasteiger partial charge in [0, 0.05) is 24.2 Å². The van der Waals surface area contributed by atoms with Gasteiger partial charge in [-0.2, -0.15) is 5.10 Å². The highest BCUT2D eigenvalue weighted by molar-refractivity contribution is 5.98. The molecule has 2 aliphatic rings. The van der Waals surface area contributed by atoms with Crippen molar-refractivity contribution in [3.05, 3.63) is 71.5 Å². The van der Waals surface area contributed by atoms with Crippen molar-refractivity contribution in [3.8, 4) is 11.3 Å². The quantitative estimate of drug-likeness (QED) is 0.420. The average Bonchev–Trinajstić information content (AvgIpc) is 3.28. The number of nitrogens with zero attached hydrogens (tertiary/aromatic N) is 5. The number of nitrogens with one attached hydrogen (secondary N) is 1. The van der Waals surface area contributed by atoms with Crippen LogP contribution in [0.5, 0.6) is 0 Å². The van der Waals surface area contributed by atoms with Gasteiger partial charge in [0.15, 0.2) is 5.65 Å². The first-order valence-electron chi connectivity index (χ1n) is 12.8. The van der Waals surface area contributed by atoms with Crippen LogP contribution in [0.4, 0.5) is 5.82 Å². The van der Waals surface area contributed by atoms with E-state index in [1.807, 2.05) is 60.1 Å². The number of ether oxygens (including phenoxy) is 1. The van der Waals surface area contributed by atoms with Crippen LogP contribution in [0.2, 0.25) is 0 Å². The molecule has 0 saturated carbocycles. The summed E-state index contributed by atoms with van der Waals surface area (Å²) in [6.07, 6.45) is 3.67. The summed E-state index contributed by atoms with van der Waals surface area (Å²) in [6, 6.07) is 16.4. The normalized spacial score (nSPS) is 18.6. The molecule has 0 unspecified atom stereocenters. The minimum Gasteiger partial charge on any atom is -0.383 e. The van der Waals surface area contributed by atoms with E-state index in [4.69, 9.17) is 15.6 Å². The number of amides is 1. The topological polar surface area (TPSA) is 111 Å². The summed E-state index contributed by atoms with van der Waals surface area (Å²) >= 11 is 0. The molecule has 190 valence electrons. The van der Waals surface area contributed by atoms with E-state index in [1.54, 1.807) is 0 Å². The minimum absolute atomic E-state index is 0.0770. The maximum Gasteiger partial charge on any atom is 0.251 e. The molecule has 37 heavy (non-hydrogen) atoms. The van der Waals surface area contributed by atoms with E-state index in [1.165, 1.54) is 6.33 Å². The highest BCUT2D eigenvalue weighted by atomic mass is 16.5. The number of hydrogen-bond acceptors (Lipinski definition) is 7. The molecule has 2 saturated heterocycles. The van der Waals surface area contributed by atoms with Gasteiger partial charge in [-0.3, -0.25) is 9.69 Å². The molecule has 4 aromatic rings. The van der Waals surface area contributed by atoms with Crippen LogP contribution in [-0.2, 0) is 11.3 Å². The molecule has 0 radical (unpaired) electrons. The van der Waals surface area contributed by atoms with Gasteiger partial charge in [-0.05, 0) is 43.5 Å². The van der Waals surface area contributed by atoms with E-state index in [9.17, 15) is 4.79 Å². The van der Waals surface area contributed by atoms with Gasteiger partial charge in [0.2, 0.25) is 0 Å². The van der Waals surface area contributed by atoms with Crippen LogP contribution in [0.1, 0.15) is 40.4 Å². The number of hydrogen-bond donors (Lipinski definition) is 2. The van der Waals surface area contributed by atoms with Crippen molar-refractivity contribution in [2.45, 2.75) is 38.4 Å². The first kappa shape index (κ1) is 23.6. The van der Waals surface area contributed by atoms with Crippen LogP contribution in [0.3, 0.4) is 0 Å².